The van der Waals surface area contributed by atoms with Crippen molar-refractivity contribution in [3.63, 3.8) is 0 Å². The summed E-state index contributed by atoms with van der Waals surface area (Å²) in [5, 5.41) is 11.4. The monoisotopic (exact) mass is 506 g/mol. The first-order valence-electron chi connectivity index (χ1n) is 10.5. The Balaban J connectivity index is 1.48. The maximum atomic E-state index is 14.1. The van der Waals surface area contributed by atoms with Gasteiger partial charge in [0, 0.05) is 17.3 Å². The number of piperidine rings is 1. The van der Waals surface area contributed by atoms with E-state index in [1.165, 1.54) is 18.3 Å². The summed E-state index contributed by atoms with van der Waals surface area (Å²) < 4.78 is 41.5. The van der Waals surface area contributed by atoms with Gasteiger partial charge in [-0.3, -0.25) is 9.40 Å². The minimum absolute atomic E-state index is 0.227. The Kier molecular flexibility index (Phi) is 7.00. The predicted octanol–water partition coefficient (Wildman–Crippen LogP) is 4.10. The van der Waals surface area contributed by atoms with Crippen molar-refractivity contribution < 1.29 is 12.8 Å². The van der Waals surface area contributed by atoms with Gasteiger partial charge >= 0.3 is 0 Å². The molecule has 13 heteroatoms. The average molecular weight is 507 g/mol. The highest BCUT2D eigenvalue weighted by atomic mass is 35.5. The summed E-state index contributed by atoms with van der Waals surface area (Å²) in [7, 11) is -1.76. The van der Waals surface area contributed by atoms with Crippen molar-refractivity contribution in [3.8, 4) is 0 Å². The Hall–Kier alpha value is -3.22. The van der Waals surface area contributed by atoms with Crippen LogP contribution in [0.5, 0.6) is 0 Å². The van der Waals surface area contributed by atoms with Crippen LogP contribution in [0.2, 0.25) is 5.02 Å². The molecule has 3 aromatic rings. The van der Waals surface area contributed by atoms with E-state index >= 15 is 0 Å². The first-order valence-corrected chi connectivity index (χ1v) is 12.4. The molecule has 0 saturated carbocycles. The SMILES string of the molecule is C=CS(=O)(=O)Nc1cc(Nc2nc(Nc3cnn(C4CCN(C)CC4)c3)ncc2Cl)ccc1F. The molecule has 0 spiro atoms. The summed E-state index contributed by atoms with van der Waals surface area (Å²) in [4.78, 5) is 10.9. The highest BCUT2D eigenvalue weighted by Crippen LogP contribution is 2.28. The van der Waals surface area contributed by atoms with E-state index in [4.69, 9.17) is 11.6 Å². The second-order valence-electron chi connectivity index (χ2n) is 7.89. The number of rotatable bonds is 8. The molecule has 1 aliphatic rings. The lowest BCUT2D eigenvalue weighted by Gasteiger charge is -2.28. The number of sulfonamides is 1. The molecule has 3 N–H and O–H groups in total. The fourth-order valence-corrected chi connectivity index (χ4v) is 4.20. The number of anilines is 5. The van der Waals surface area contributed by atoms with Crippen molar-refractivity contribution in [2.24, 2.45) is 0 Å². The van der Waals surface area contributed by atoms with Crippen molar-refractivity contribution in [1.29, 1.82) is 0 Å². The fourth-order valence-electron chi connectivity index (χ4n) is 3.52. The lowest BCUT2D eigenvalue weighted by Crippen LogP contribution is -2.31. The quantitative estimate of drug-likeness (QED) is 0.418. The van der Waals surface area contributed by atoms with Crippen LogP contribution in [-0.2, 0) is 10.0 Å². The van der Waals surface area contributed by atoms with E-state index in [9.17, 15) is 12.8 Å². The molecule has 1 aromatic carbocycles. The highest BCUT2D eigenvalue weighted by molar-refractivity contribution is 7.95. The molecule has 10 nitrogen and oxygen atoms in total. The lowest BCUT2D eigenvalue weighted by atomic mass is 10.1. The standard InChI is InChI=1S/C21H24ClFN8O2S/c1-3-34(32,33)29-19-10-14(4-5-18(19)23)26-20-17(22)12-24-21(28-20)27-15-11-25-31(13-15)16-6-8-30(2)9-7-16/h3-5,10-13,16,29H,1,6-9H2,2H3,(H2,24,26,27,28). The third-order valence-corrected chi connectivity index (χ3v) is 6.58. The molecule has 1 fully saturated rings. The molecule has 2 aromatic heterocycles. The number of nitrogens with one attached hydrogen (secondary N) is 3. The Morgan fingerprint density at radius 1 is 1.21 bits per heavy atom. The van der Waals surface area contributed by atoms with Crippen molar-refractivity contribution in [3.05, 3.63) is 59.6 Å². The normalized spacial score (nSPS) is 15.1. The van der Waals surface area contributed by atoms with Crippen LogP contribution in [0.15, 0.2) is 48.8 Å². The van der Waals surface area contributed by atoms with Crippen LogP contribution in [0.3, 0.4) is 0 Å². The molecular weight excluding hydrogens is 483 g/mol. The highest BCUT2D eigenvalue weighted by Gasteiger charge is 2.19. The molecule has 0 bridgehead atoms. The second-order valence-corrected chi connectivity index (χ2v) is 9.93. The zero-order valence-corrected chi connectivity index (χ0v) is 19.9. The van der Waals surface area contributed by atoms with E-state index in [-0.39, 0.29) is 22.5 Å². The first kappa shape index (κ1) is 23.9. The van der Waals surface area contributed by atoms with E-state index in [2.05, 4.69) is 48.9 Å². The number of likely N-dealkylation sites (tertiary alicyclic amines) is 1. The molecule has 180 valence electrons. The van der Waals surface area contributed by atoms with Crippen LogP contribution >= 0.6 is 11.6 Å². The molecule has 0 amide bonds. The zero-order chi connectivity index (χ0) is 24.3. The van der Waals surface area contributed by atoms with E-state index < -0.39 is 15.8 Å². The summed E-state index contributed by atoms with van der Waals surface area (Å²) in [6.07, 6.45) is 7.11. The number of nitrogens with zero attached hydrogens (tertiary/aromatic N) is 5. The van der Waals surface area contributed by atoms with Crippen molar-refractivity contribution in [2.75, 3.05) is 35.5 Å². The second kappa shape index (κ2) is 9.95. The maximum absolute atomic E-state index is 14.1. The van der Waals surface area contributed by atoms with Gasteiger partial charge in [0.2, 0.25) is 5.95 Å². The average Bonchev–Trinajstić information content (AvgIpc) is 3.27. The van der Waals surface area contributed by atoms with E-state index in [0.29, 0.717) is 17.1 Å². The van der Waals surface area contributed by atoms with Gasteiger partial charge in [0.05, 0.1) is 29.8 Å². The van der Waals surface area contributed by atoms with Gasteiger partial charge < -0.3 is 15.5 Å². The van der Waals surface area contributed by atoms with Gasteiger partial charge in [-0.2, -0.15) is 10.1 Å². The minimum atomic E-state index is -3.87. The smallest absolute Gasteiger partial charge is 0.254 e. The molecule has 1 saturated heterocycles. The van der Waals surface area contributed by atoms with Gasteiger partial charge in [0.15, 0.2) is 5.82 Å². The number of aromatic nitrogens is 4. The summed E-state index contributed by atoms with van der Waals surface area (Å²) in [5.74, 6) is -0.204. The van der Waals surface area contributed by atoms with Crippen LogP contribution in [0.4, 0.5) is 33.2 Å². The summed E-state index contributed by atoms with van der Waals surface area (Å²) in [6, 6.07) is 4.18. The predicted molar refractivity (Wildman–Crippen MR) is 131 cm³/mol. The van der Waals surface area contributed by atoms with Crippen LogP contribution in [0.1, 0.15) is 18.9 Å². The summed E-state index contributed by atoms with van der Waals surface area (Å²) in [6.45, 7) is 5.26. The number of hydrogen-bond donors (Lipinski definition) is 3. The van der Waals surface area contributed by atoms with Crippen LogP contribution < -0.4 is 15.4 Å². The molecule has 0 radical (unpaired) electrons. The van der Waals surface area contributed by atoms with E-state index in [0.717, 1.165) is 37.7 Å². The topological polar surface area (TPSA) is 117 Å². The van der Waals surface area contributed by atoms with Crippen LogP contribution in [0, 0.1) is 5.82 Å². The fraction of sp³-hybridized carbons (Fsp3) is 0.286. The van der Waals surface area contributed by atoms with E-state index in [1.54, 1.807) is 6.20 Å². The molecular formula is C21H24ClFN8O2S. The minimum Gasteiger partial charge on any atom is -0.339 e. The van der Waals surface area contributed by atoms with Gasteiger partial charge in [0.1, 0.15) is 10.8 Å². The van der Waals surface area contributed by atoms with Crippen molar-refractivity contribution in [1.82, 2.24) is 24.6 Å². The van der Waals surface area contributed by atoms with Gasteiger partial charge in [-0.05, 0) is 51.2 Å². The number of halogens is 2. The lowest BCUT2D eigenvalue weighted by molar-refractivity contribution is 0.212. The molecule has 3 heterocycles. The molecule has 0 atom stereocenters. The zero-order valence-electron chi connectivity index (χ0n) is 18.4. The third kappa shape index (κ3) is 5.82. The van der Waals surface area contributed by atoms with Gasteiger partial charge in [-0.25, -0.2) is 17.8 Å². The largest absolute Gasteiger partial charge is 0.339 e. The summed E-state index contributed by atoms with van der Waals surface area (Å²) in [5.41, 5.74) is 0.856. The Labute approximate surface area is 201 Å². The number of benzene rings is 1. The third-order valence-electron chi connectivity index (χ3n) is 5.36. The van der Waals surface area contributed by atoms with Gasteiger partial charge in [0.25, 0.3) is 10.0 Å². The Morgan fingerprint density at radius 3 is 2.71 bits per heavy atom. The molecule has 0 unspecified atom stereocenters. The molecule has 34 heavy (non-hydrogen) atoms. The van der Waals surface area contributed by atoms with Crippen molar-refractivity contribution in [2.45, 2.75) is 18.9 Å². The van der Waals surface area contributed by atoms with Crippen LogP contribution in [0.25, 0.3) is 0 Å². The molecule has 0 aliphatic carbocycles. The van der Waals surface area contributed by atoms with Gasteiger partial charge in [-0.1, -0.05) is 18.2 Å². The Bertz CT molecular complexity index is 1290. The maximum Gasteiger partial charge on any atom is 0.254 e. The van der Waals surface area contributed by atoms with Crippen molar-refractivity contribution >= 4 is 50.5 Å². The first-order chi connectivity index (χ1) is 16.2. The molecule has 4 rings (SSSR count). The molecule has 1 aliphatic heterocycles. The van der Waals surface area contributed by atoms with E-state index in [1.807, 2.05) is 10.9 Å². The van der Waals surface area contributed by atoms with Crippen LogP contribution in [-0.4, -0.2) is 53.2 Å². The van der Waals surface area contributed by atoms with Gasteiger partial charge in [-0.15, -0.1) is 0 Å². The number of hydrogen-bond acceptors (Lipinski definition) is 8. The Morgan fingerprint density at radius 2 is 1.97 bits per heavy atom. The summed E-state index contributed by atoms with van der Waals surface area (Å²) >= 11 is 6.23.